The lowest BCUT2D eigenvalue weighted by Crippen LogP contribution is -2.25. The molecular weight excluding hydrogens is 340 g/mol. The van der Waals surface area contributed by atoms with Crippen LogP contribution in [-0.4, -0.2) is 14.9 Å². The molecule has 20 heavy (non-hydrogen) atoms. The predicted octanol–water partition coefficient (Wildman–Crippen LogP) is 3.85. The summed E-state index contributed by atoms with van der Waals surface area (Å²) in [5.74, 6) is 0. The molecule has 0 saturated heterocycles. The summed E-state index contributed by atoms with van der Waals surface area (Å²) in [6.45, 7) is 3.87. The summed E-state index contributed by atoms with van der Waals surface area (Å²) in [6.07, 6.45) is 1.34. The van der Waals surface area contributed by atoms with E-state index < -0.39 is 5.60 Å². The van der Waals surface area contributed by atoms with E-state index in [0.29, 0.717) is 11.4 Å². The van der Waals surface area contributed by atoms with Gasteiger partial charge in [-0.25, -0.2) is 0 Å². The third-order valence-electron chi connectivity index (χ3n) is 3.48. The number of aryl methyl sites for hydroxylation is 2. The van der Waals surface area contributed by atoms with Gasteiger partial charge in [-0.05, 0) is 47.0 Å². The third kappa shape index (κ3) is 3.08. The maximum atomic E-state index is 10.8. The van der Waals surface area contributed by atoms with Crippen LogP contribution >= 0.6 is 27.5 Å². The zero-order valence-corrected chi connectivity index (χ0v) is 14.2. The van der Waals surface area contributed by atoms with Gasteiger partial charge >= 0.3 is 0 Å². The SMILES string of the molecule is CCc1nn(C)c(CC(C)(O)c2ccc(Cl)cc2)c1Br. The zero-order valence-electron chi connectivity index (χ0n) is 11.8. The van der Waals surface area contributed by atoms with Crippen LogP contribution in [0.3, 0.4) is 0 Å². The summed E-state index contributed by atoms with van der Waals surface area (Å²) < 4.78 is 2.81. The average Bonchev–Trinajstić information content (AvgIpc) is 2.66. The fourth-order valence-corrected chi connectivity index (χ4v) is 3.13. The highest BCUT2D eigenvalue weighted by Gasteiger charge is 2.27. The van der Waals surface area contributed by atoms with Crippen molar-refractivity contribution in [3.63, 3.8) is 0 Å². The van der Waals surface area contributed by atoms with Crippen molar-refractivity contribution in [2.45, 2.75) is 32.3 Å². The standard InChI is InChI=1S/C15H18BrClN2O/c1-4-12-14(16)13(19(3)18-12)9-15(2,20)10-5-7-11(17)8-6-10/h5-8,20H,4,9H2,1-3H3. The lowest BCUT2D eigenvalue weighted by Gasteiger charge is -2.24. The van der Waals surface area contributed by atoms with Crippen LogP contribution in [0.25, 0.3) is 0 Å². The normalized spacial score (nSPS) is 14.3. The second-order valence-corrected chi connectivity index (χ2v) is 6.37. The molecule has 0 radical (unpaired) electrons. The number of nitrogens with zero attached hydrogens (tertiary/aromatic N) is 2. The molecule has 0 spiro atoms. The maximum Gasteiger partial charge on any atom is 0.0924 e. The first-order valence-electron chi connectivity index (χ1n) is 6.54. The second-order valence-electron chi connectivity index (χ2n) is 5.14. The van der Waals surface area contributed by atoms with Gasteiger partial charge in [0.25, 0.3) is 0 Å². The number of benzene rings is 1. The van der Waals surface area contributed by atoms with E-state index in [0.717, 1.165) is 27.8 Å². The molecule has 0 fully saturated rings. The van der Waals surface area contributed by atoms with Crippen molar-refractivity contribution in [2.24, 2.45) is 7.05 Å². The monoisotopic (exact) mass is 356 g/mol. The molecule has 2 rings (SSSR count). The first-order chi connectivity index (χ1) is 9.35. The van der Waals surface area contributed by atoms with Gasteiger partial charge in [0, 0.05) is 18.5 Å². The van der Waals surface area contributed by atoms with E-state index in [2.05, 4.69) is 28.0 Å². The first-order valence-corrected chi connectivity index (χ1v) is 7.71. The van der Waals surface area contributed by atoms with Crippen LogP contribution in [-0.2, 0) is 25.5 Å². The van der Waals surface area contributed by atoms with Gasteiger partial charge < -0.3 is 5.11 Å². The van der Waals surface area contributed by atoms with Gasteiger partial charge in [0.05, 0.1) is 21.5 Å². The van der Waals surface area contributed by atoms with Crippen LogP contribution in [0, 0.1) is 0 Å². The highest BCUT2D eigenvalue weighted by molar-refractivity contribution is 9.10. The fourth-order valence-electron chi connectivity index (χ4n) is 2.25. The van der Waals surface area contributed by atoms with E-state index in [9.17, 15) is 5.11 Å². The number of aliphatic hydroxyl groups is 1. The van der Waals surface area contributed by atoms with Crippen molar-refractivity contribution in [3.8, 4) is 0 Å². The van der Waals surface area contributed by atoms with Crippen LogP contribution in [0.4, 0.5) is 0 Å². The minimum Gasteiger partial charge on any atom is -0.385 e. The largest absolute Gasteiger partial charge is 0.385 e. The van der Waals surface area contributed by atoms with Crippen molar-refractivity contribution < 1.29 is 5.11 Å². The minimum absolute atomic E-state index is 0.485. The van der Waals surface area contributed by atoms with Crippen molar-refractivity contribution in [3.05, 3.63) is 50.7 Å². The Morgan fingerprint density at radius 1 is 1.35 bits per heavy atom. The number of aromatic nitrogens is 2. The van der Waals surface area contributed by atoms with E-state index in [-0.39, 0.29) is 0 Å². The molecular formula is C15H18BrClN2O. The molecule has 0 aliphatic heterocycles. The fraction of sp³-hybridized carbons (Fsp3) is 0.400. The van der Waals surface area contributed by atoms with E-state index in [1.54, 1.807) is 19.1 Å². The van der Waals surface area contributed by atoms with E-state index in [4.69, 9.17) is 11.6 Å². The summed E-state index contributed by atoms with van der Waals surface area (Å²) in [5, 5.41) is 15.9. The van der Waals surface area contributed by atoms with Crippen LogP contribution in [0.5, 0.6) is 0 Å². The van der Waals surface area contributed by atoms with Gasteiger partial charge in [-0.2, -0.15) is 5.10 Å². The lowest BCUT2D eigenvalue weighted by atomic mass is 9.91. The number of halogens is 2. The molecule has 2 aromatic rings. The Hall–Kier alpha value is -0.840. The first kappa shape index (κ1) is 15.5. The van der Waals surface area contributed by atoms with Crippen LogP contribution in [0.15, 0.2) is 28.7 Å². The topological polar surface area (TPSA) is 38.0 Å². The van der Waals surface area contributed by atoms with Crippen LogP contribution in [0.1, 0.15) is 30.8 Å². The molecule has 1 aromatic heterocycles. The van der Waals surface area contributed by atoms with Crippen molar-refractivity contribution in [2.75, 3.05) is 0 Å². The molecule has 1 atom stereocenters. The van der Waals surface area contributed by atoms with Gasteiger partial charge in [-0.3, -0.25) is 4.68 Å². The molecule has 1 aromatic carbocycles. The highest BCUT2D eigenvalue weighted by Crippen LogP contribution is 2.31. The molecule has 3 nitrogen and oxygen atoms in total. The van der Waals surface area contributed by atoms with Gasteiger partial charge in [0.2, 0.25) is 0 Å². The van der Waals surface area contributed by atoms with E-state index >= 15 is 0 Å². The number of rotatable bonds is 4. The second kappa shape index (κ2) is 5.88. The molecule has 1 heterocycles. The van der Waals surface area contributed by atoms with E-state index in [1.807, 2.05) is 23.9 Å². The predicted molar refractivity (Wildman–Crippen MR) is 85.0 cm³/mol. The van der Waals surface area contributed by atoms with Gasteiger partial charge in [0.1, 0.15) is 0 Å². The van der Waals surface area contributed by atoms with Crippen LogP contribution < -0.4 is 0 Å². The smallest absolute Gasteiger partial charge is 0.0924 e. The Bertz CT molecular complexity index is 605. The minimum atomic E-state index is -0.966. The van der Waals surface area contributed by atoms with Gasteiger partial charge in [-0.1, -0.05) is 30.7 Å². The molecule has 1 unspecified atom stereocenters. The average molecular weight is 358 g/mol. The Morgan fingerprint density at radius 3 is 2.45 bits per heavy atom. The van der Waals surface area contributed by atoms with Crippen molar-refractivity contribution in [1.29, 1.82) is 0 Å². The molecule has 5 heteroatoms. The molecule has 0 aliphatic carbocycles. The number of hydrogen-bond acceptors (Lipinski definition) is 2. The maximum absolute atomic E-state index is 10.8. The van der Waals surface area contributed by atoms with Crippen LogP contribution in [0.2, 0.25) is 5.02 Å². The molecule has 1 N–H and O–H groups in total. The Morgan fingerprint density at radius 2 is 1.95 bits per heavy atom. The molecule has 0 bridgehead atoms. The third-order valence-corrected chi connectivity index (χ3v) is 4.65. The van der Waals surface area contributed by atoms with Gasteiger partial charge in [0.15, 0.2) is 0 Å². The van der Waals surface area contributed by atoms with Crippen molar-refractivity contribution >= 4 is 27.5 Å². The molecule has 0 amide bonds. The highest BCUT2D eigenvalue weighted by atomic mass is 79.9. The summed E-state index contributed by atoms with van der Waals surface area (Å²) in [5.41, 5.74) is 1.87. The van der Waals surface area contributed by atoms with Crippen molar-refractivity contribution in [1.82, 2.24) is 9.78 Å². The zero-order chi connectivity index (χ0) is 14.9. The molecule has 0 aliphatic rings. The Labute approximate surface area is 132 Å². The molecule has 108 valence electrons. The lowest BCUT2D eigenvalue weighted by molar-refractivity contribution is 0.0554. The summed E-state index contributed by atoms with van der Waals surface area (Å²) >= 11 is 9.47. The molecule has 0 saturated carbocycles. The summed E-state index contributed by atoms with van der Waals surface area (Å²) in [7, 11) is 1.90. The Balaban J connectivity index is 2.32. The summed E-state index contributed by atoms with van der Waals surface area (Å²) in [4.78, 5) is 0. The van der Waals surface area contributed by atoms with E-state index in [1.165, 1.54) is 0 Å². The summed E-state index contributed by atoms with van der Waals surface area (Å²) in [6, 6.07) is 7.29. The van der Waals surface area contributed by atoms with Gasteiger partial charge in [-0.15, -0.1) is 0 Å². The number of hydrogen-bond donors (Lipinski definition) is 1. The Kier molecular flexibility index (Phi) is 4.57. The quantitative estimate of drug-likeness (QED) is 0.902.